The van der Waals surface area contributed by atoms with Crippen molar-refractivity contribution in [3.63, 3.8) is 0 Å². The zero-order valence-corrected chi connectivity index (χ0v) is 17.7. The zero-order valence-electron chi connectivity index (χ0n) is 16.2. The molecule has 4 nitrogen and oxygen atoms in total. The van der Waals surface area contributed by atoms with E-state index >= 15 is 0 Å². The van der Waals surface area contributed by atoms with Crippen LogP contribution >= 0.6 is 15.9 Å². The number of carbonyl (C=O) groups is 1. The number of anilines is 2. The summed E-state index contributed by atoms with van der Waals surface area (Å²) in [5.41, 5.74) is -1.55. The molecule has 3 rings (SSSR count). The molecule has 10 heteroatoms. The van der Waals surface area contributed by atoms with Gasteiger partial charge in [0, 0.05) is 42.9 Å². The topological polar surface area (TPSA) is 35.6 Å². The Hall–Kier alpha value is -2.20. The van der Waals surface area contributed by atoms with Gasteiger partial charge in [-0.25, -0.2) is 22.0 Å². The molecule has 162 valence electrons. The molecule has 1 fully saturated rings. The minimum atomic E-state index is -3.11. The summed E-state index contributed by atoms with van der Waals surface area (Å²) in [7, 11) is 1.92. The van der Waals surface area contributed by atoms with Gasteiger partial charge in [-0.3, -0.25) is 4.79 Å². The quantitative estimate of drug-likeness (QED) is 0.471. The lowest BCUT2D eigenvalue weighted by Crippen LogP contribution is -2.50. The van der Waals surface area contributed by atoms with Crippen molar-refractivity contribution in [3.05, 3.63) is 57.3 Å². The summed E-state index contributed by atoms with van der Waals surface area (Å²) < 4.78 is 68.5. The number of hydrogen-bond donors (Lipinski definition) is 1. The molecule has 2 aromatic rings. The second-order valence-electron chi connectivity index (χ2n) is 7.14. The fourth-order valence-corrected chi connectivity index (χ4v) is 3.63. The molecule has 0 spiro atoms. The molecule has 1 aliphatic heterocycles. The number of halogens is 6. The average Bonchev–Trinajstić information content (AvgIpc) is 2.70. The van der Waals surface area contributed by atoms with E-state index in [1.54, 1.807) is 4.90 Å². The lowest BCUT2D eigenvalue weighted by Gasteiger charge is -2.39. The minimum absolute atomic E-state index is 0.0830. The molecular weight excluding hydrogens is 473 g/mol. The molecule has 0 aromatic heterocycles. The van der Waals surface area contributed by atoms with Gasteiger partial charge in [0.25, 0.3) is 12.3 Å². The van der Waals surface area contributed by atoms with Crippen molar-refractivity contribution < 1.29 is 26.7 Å². The van der Waals surface area contributed by atoms with Crippen LogP contribution in [0.5, 0.6) is 0 Å². The van der Waals surface area contributed by atoms with Crippen LogP contribution in [0.4, 0.5) is 33.3 Å². The molecule has 2 aromatic carbocycles. The van der Waals surface area contributed by atoms with Crippen molar-refractivity contribution in [3.8, 4) is 0 Å². The van der Waals surface area contributed by atoms with Crippen molar-refractivity contribution in [2.24, 2.45) is 0 Å². The van der Waals surface area contributed by atoms with Crippen molar-refractivity contribution in [2.45, 2.75) is 19.4 Å². The number of hydrogen-bond acceptors (Lipinski definition) is 3. The van der Waals surface area contributed by atoms with E-state index in [4.69, 9.17) is 0 Å². The molecule has 1 aliphatic rings. The van der Waals surface area contributed by atoms with E-state index in [0.717, 1.165) is 18.2 Å². The molecule has 0 radical (unpaired) electrons. The Morgan fingerprint density at radius 1 is 1.20 bits per heavy atom. The summed E-state index contributed by atoms with van der Waals surface area (Å²) in [6.07, 6.45) is -3.11. The largest absolute Gasteiger partial charge is 0.367 e. The molecule has 1 amide bonds. The van der Waals surface area contributed by atoms with Gasteiger partial charge in [-0.2, -0.15) is 0 Å². The molecule has 0 saturated carbocycles. The standard InChI is InChI=1S/C20H19BrF5N3O/c1-10-9-29(6-5-28(10)2)15-8-14(23)16(21)17(24)18(15)27-20(30)12-4-3-11(22)7-13(12)19(25)26/h3-4,7-8,10,19H,5-6,9H2,1-2H3,(H,27,30). The third-order valence-electron chi connectivity index (χ3n) is 5.17. The first-order valence-electron chi connectivity index (χ1n) is 9.11. The van der Waals surface area contributed by atoms with Crippen molar-refractivity contribution >= 4 is 33.2 Å². The van der Waals surface area contributed by atoms with Gasteiger partial charge >= 0.3 is 0 Å². The van der Waals surface area contributed by atoms with Crippen LogP contribution in [-0.2, 0) is 0 Å². The SMILES string of the molecule is CC1CN(c2cc(F)c(Br)c(F)c2NC(=O)c2ccc(F)cc2C(F)F)CCN1C. The van der Waals surface area contributed by atoms with Crippen LogP contribution in [0.1, 0.15) is 29.3 Å². The molecule has 30 heavy (non-hydrogen) atoms. The summed E-state index contributed by atoms with van der Waals surface area (Å²) >= 11 is 2.81. The van der Waals surface area contributed by atoms with Crippen LogP contribution < -0.4 is 10.2 Å². The number of nitrogens with one attached hydrogen (secondary N) is 1. The van der Waals surface area contributed by atoms with Gasteiger partial charge in [0.2, 0.25) is 0 Å². The highest BCUT2D eigenvalue weighted by molar-refractivity contribution is 9.10. The summed E-state index contributed by atoms with van der Waals surface area (Å²) in [4.78, 5) is 16.5. The number of nitrogens with zero attached hydrogens (tertiary/aromatic N) is 2. The second-order valence-corrected chi connectivity index (χ2v) is 7.94. The third-order valence-corrected chi connectivity index (χ3v) is 5.90. The monoisotopic (exact) mass is 491 g/mol. The summed E-state index contributed by atoms with van der Waals surface area (Å²) in [5, 5.41) is 2.28. The molecule has 1 atom stereocenters. The Morgan fingerprint density at radius 2 is 1.90 bits per heavy atom. The summed E-state index contributed by atoms with van der Waals surface area (Å²) in [6, 6.07) is 3.49. The third kappa shape index (κ3) is 4.44. The first kappa shape index (κ1) is 22.5. The van der Waals surface area contributed by atoms with Crippen LogP contribution in [0.15, 0.2) is 28.7 Å². The number of likely N-dealkylation sites (N-methyl/N-ethyl adjacent to an activating group) is 1. The van der Waals surface area contributed by atoms with E-state index in [-0.39, 0.29) is 17.4 Å². The minimum Gasteiger partial charge on any atom is -0.367 e. The van der Waals surface area contributed by atoms with E-state index in [1.165, 1.54) is 0 Å². The summed E-state index contributed by atoms with van der Waals surface area (Å²) in [6.45, 7) is 3.46. The Labute approximate surface area is 178 Å². The Balaban J connectivity index is 2.02. The molecule has 1 heterocycles. The van der Waals surface area contributed by atoms with Gasteiger partial charge in [-0.1, -0.05) is 0 Å². The van der Waals surface area contributed by atoms with E-state index in [0.29, 0.717) is 25.7 Å². The molecular formula is C20H19BrF5N3O. The molecule has 1 unspecified atom stereocenters. The number of amides is 1. The maximum Gasteiger partial charge on any atom is 0.264 e. The highest BCUT2D eigenvalue weighted by atomic mass is 79.9. The fraction of sp³-hybridized carbons (Fsp3) is 0.350. The van der Waals surface area contributed by atoms with Gasteiger partial charge in [-0.05, 0) is 48.1 Å². The van der Waals surface area contributed by atoms with E-state index in [9.17, 15) is 26.7 Å². The normalized spacial score (nSPS) is 17.5. The zero-order chi connectivity index (χ0) is 22.2. The lowest BCUT2D eigenvalue weighted by molar-refractivity contribution is 0.101. The first-order valence-corrected chi connectivity index (χ1v) is 9.91. The van der Waals surface area contributed by atoms with Gasteiger partial charge in [0.1, 0.15) is 17.3 Å². The number of rotatable bonds is 4. The second kappa shape index (κ2) is 8.89. The van der Waals surface area contributed by atoms with Gasteiger partial charge in [0.05, 0.1) is 10.2 Å². The number of piperazine rings is 1. The van der Waals surface area contributed by atoms with Crippen LogP contribution in [-0.4, -0.2) is 43.5 Å². The highest BCUT2D eigenvalue weighted by Gasteiger charge is 2.28. The van der Waals surface area contributed by atoms with E-state index in [2.05, 4.69) is 26.1 Å². The van der Waals surface area contributed by atoms with Gasteiger partial charge in [0.15, 0.2) is 5.82 Å². The van der Waals surface area contributed by atoms with E-state index in [1.807, 2.05) is 14.0 Å². The van der Waals surface area contributed by atoms with Crippen LogP contribution in [0, 0.1) is 17.5 Å². The fourth-order valence-electron chi connectivity index (χ4n) is 3.32. The predicted octanol–water partition coefficient (Wildman–Crippen LogP) is 5.20. The number of carbonyl (C=O) groups excluding carboxylic acids is 1. The predicted molar refractivity (Wildman–Crippen MR) is 108 cm³/mol. The van der Waals surface area contributed by atoms with Crippen LogP contribution in [0.2, 0.25) is 0 Å². The number of benzene rings is 2. The van der Waals surface area contributed by atoms with Crippen molar-refractivity contribution in [1.29, 1.82) is 0 Å². The number of alkyl halides is 2. The van der Waals surface area contributed by atoms with E-state index < -0.39 is 45.4 Å². The Morgan fingerprint density at radius 3 is 2.53 bits per heavy atom. The molecule has 1 saturated heterocycles. The highest BCUT2D eigenvalue weighted by Crippen LogP contribution is 2.37. The Kier molecular flexibility index (Phi) is 6.66. The van der Waals surface area contributed by atoms with Crippen molar-refractivity contribution in [2.75, 3.05) is 36.9 Å². The van der Waals surface area contributed by atoms with Gasteiger partial charge < -0.3 is 15.1 Å². The average molecular weight is 492 g/mol. The van der Waals surface area contributed by atoms with Crippen molar-refractivity contribution in [1.82, 2.24) is 4.90 Å². The smallest absolute Gasteiger partial charge is 0.264 e. The molecule has 0 aliphatic carbocycles. The maximum absolute atomic E-state index is 14.9. The molecule has 1 N–H and O–H groups in total. The van der Waals surface area contributed by atoms with Crippen LogP contribution in [0.25, 0.3) is 0 Å². The Bertz CT molecular complexity index is 972. The maximum atomic E-state index is 14.9. The van der Waals surface area contributed by atoms with Gasteiger partial charge in [-0.15, -0.1) is 0 Å². The first-order chi connectivity index (χ1) is 14.1. The summed E-state index contributed by atoms with van der Waals surface area (Å²) in [5.74, 6) is -3.90. The van der Waals surface area contributed by atoms with Crippen LogP contribution in [0.3, 0.4) is 0 Å². The molecule has 0 bridgehead atoms. The lowest BCUT2D eigenvalue weighted by atomic mass is 10.1.